The average molecular weight is 381 g/mol. The number of para-hydroxylation sites is 2. The van der Waals surface area contributed by atoms with E-state index in [2.05, 4.69) is 20.9 Å². The molecule has 0 N–H and O–H groups in total. The van der Waals surface area contributed by atoms with Crippen LogP contribution in [-0.4, -0.2) is 24.5 Å². The van der Waals surface area contributed by atoms with Crippen molar-refractivity contribution in [1.82, 2.24) is 8.96 Å². The summed E-state index contributed by atoms with van der Waals surface area (Å²) < 4.78 is 33.1. The van der Waals surface area contributed by atoms with Gasteiger partial charge in [-0.05, 0) is 47.1 Å². The largest absolute Gasteiger partial charge is 0.496 e. The van der Waals surface area contributed by atoms with E-state index in [4.69, 9.17) is 4.74 Å². The minimum Gasteiger partial charge on any atom is -0.496 e. The van der Waals surface area contributed by atoms with Crippen LogP contribution in [0.4, 0.5) is 0 Å². The van der Waals surface area contributed by atoms with Gasteiger partial charge in [0.15, 0.2) is 0 Å². The zero-order chi connectivity index (χ0) is 15.9. The van der Waals surface area contributed by atoms with E-state index in [1.54, 1.807) is 31.2 Å². The van der Waals surface area contributed by atoms with Gasteiger partial charge in [-0.2, -0.15) is 0 Å². The van der Waals surface area contributed by atoms with Crippen LogP contribution >= 0.6 is 15.9 Å². The maximum absolute atomic E-state index is 13.0. The van der Waals surface area contributed by atoms with E-state index < -0.39 is 10.0 Å². The third kappa shape index (κ3) is 2.30. The van der Waals surface area contributed by atoms with Gasteiger partial charge < -0.3 is 4.74 Å². The van der Waals surface area contributed by atoms with E-state index in [1.165, 1.54) is 23.2 Å². The van der Waals surface area contributed by atoms with Crippen LogP contribution in [0.5, 0.6) is 5.75 Å². The summed E-state index contributed by atoms with van der Waals surface area (Å²) in [6.07, 6.45) is 0. The standard InChI is InChI=1S/C15H13BrN2O3S/c1-10-17-13-5-3-4-6-14(13)18(10)22(19,20)11-7-8-12(16)15(9-11)21-2/h3-9H,1-2H3. The lowest BCUT2D eigenvalue weighted by Gasteiger charge is -2.11. The third-order valence-electron chi connectivity index (χ3n) is 3.34. The minimum absolute atomic E-state index is 0.152. The monoisotopic (exact) mass is 380 g/mol. The molecule has 0 amide bonds. The van der Waals surface area contributed by atoms with Crippen molar-refractivity contribution in [2.75, 3.05) is 7.11 Å². The maximum atomic E-state index is 13.0. The Morgan fingerprint density at radius 1 is 1.18 bits per heavy atom. The lowest BCUT2D eigenvalue weighted by Crippen LogP contribution is -2.14. The van der Waals surface area contributed by atoms with Crippen molar-refractivity contribution in [2.24, 2.45) is 0 Å². The van der Waals surface area contributed by atoms with Crippen LogP contribution in [0.2, 0.25) is 0 Å². The fraction of sp³-hybridized carbons (Fsp3) is 0.133. The van der Waals surface area contributed by atoms with Gasteiger partial charge in [-0.15, -0.1) is 0 Å². The molecule has 2 aromatic carbocycles. The Hall–Kier alpha value is -1.86. The molecule has 0 spiro atoms. The summed E-state index contributed by atoms with van der Waals surface area (Å²) in [5, 5.41) is 0. The fourth-order valence-electron chi connectivity index (χ4n) is 2.33. The van der Waals surface area contributed by atoms with Crippen molar-refractivity contribution in [1.29, 1.82) is 0 Å². The van der Waals surface area contributed by atoms with Gasteiger partial charge in [0.1, 0.15) is 11.6 Å². The predicted octanol–water partition coefficient (Wildman–Crippen LogP) is 3.35. The SMILES string of the molecule is COc1cc(S(=O)(=O)n2c(C)nc3ccccc32)ccc1Br. The van der Waals surface area contributed by atoms with E-state index in [0.717, 1.165) is 0 Å². The molecule has 5 nitrogen and oxygen atoms in total. The highest BCUT2D eigenvalue weighted by Crippen LogP contribution is 2.30. The summed E-state index contributed by atoms with van der Waals surface area (Å²) >= 11 is 3.32. The Bertz CT molecular complexity index is 964. The highest BCUT2D eigenvalue weighted by atomic mass is 79.9. The Morgan fingerprint density at radius 3 is 2.64 bits per heavy atom. The Morgan fingerprint density at radius 2 is 1.91 bits per heavy atom. The number of fused-ring (bicyclic) bond motifs is 1. The molecule has 3 rings (SSSR count). The first kappa shape index (κ1) is 15.1. The molecular formula is C15H13BrN2O3S. The molecule has 0 bridgehead atoms. The molecular weight excluding hydrogens is 368 g/mol. The van der Waals surface area contributed by atoms with E-state index >= 15 is 0 Å². The van der Waals surface area contributed by atoms with Crippen LogP contribution < -0.4 is 4.74 Å². The first-order chi connectivity index (χ1) is 10.4. The van der Waals surface area contributed by atoms with Gasteiger partial charge in [0.05, 0.1) is 27.5 Å². The summed E-state index contributed by atoms with van der Waals surface area (Å²) in [4.78, 5) is 4.46. The van der Waals surface area contributed by atoms with Gasteiger partial charge in [0.25, 0.3) is 10.0 Å². The number of aromatic nitrogens is 2. The smallest absolute Gasteiger partial charge is 0.269 e. The topological polar surface area (TPSA) is 61.2 Å². The third-order valence-corrected chi connectivity index (χ3v) is 5.78. The molecule has 1 aromatic heterocycles. The number of nitrogens with zero attached hydrogens (tertiary/aromatic N) is 2. The number of hydrogen-bond acceptors (Lipinski definition) is 4. The molecule has 0 atom stereocenters. The number of halogens is 1. The van der Waals surface area contributed by atoms with E-state index in [9.17, 15) is 8.42 Å². The first-order valence-corrected chi connectivity index (χ1v) is 8.71. The van der Waals surface area contributed by atoms with Gasteiger partial charge in [-0.3, -0.25) is 0 Å². The number of aryl methyl sites for hydroxylation is 1. The Labute approximate surface area is 136 Å². The Balaban J connectivity index is 2.27. The van der Waals surface area contributed by atoms with Crippen molar-refractivity contribution in [3.05, 3.63) is 52.8 Å². The number of imidazole rings is 1. The van der Waals surface area contributed by atoms with Crippen molar-refractivity contribution >= 4 is 37.0 Å². The summed E-state index contributed by atoms with van der Waals surface area (Å²) in [5.41, 5.74) is 1.20. The predicted molar refractivity (Wildman–Crippen MR) is 87.7 cm³/mol. The number of hydrogen-bond donors (Lipinski definition) is 0. The zero-order valence-corrected chi connectivity index (χ0v) is 14.3. The molecule has 0 unspecified atom stereocenters. The van der Waals surface area contributed by atoms with Crippen LogP contribution in [0.25, 0.3) is 11.0 Å². The lowest BCUT2D eigenvalue weighted by atomic mass is 10.3. The van der Waals surface area contributed by atoms with Gasteiger partial charge in [0, 0.05) is 6.07 Å². The molecule has 7 heteroatoms. The van der Waals surface area contributed by atoms with Gasteiger partial charge >= 0.3 is 0 Å². The second-order valence-corrected chi connectivity index (χ2v) is 7.35. The van der Waals surface area contributed by atoms with Crippen molar-refractivity contribution in [3.63, 3.8) is 0 Å². The Kier molecular flexibility index (Phi) is 3.70. The number of rotatable bonds is 3. The van der Waals surface area contributed by atoms with E-state index in [0.29, 0.717) is 27.1 Å². The highest BCUT2D eigenvalue weighted by Gasteiger charge is 2.23. The van der Waals surface area contributed by atoms with E-state index in [-0.39, 0.29) is 4.90 Å². The summed E-state index contributed by atoms with van der Waals surface area (Å²) in [6, 6.07) is 11.8. The van der Waals surface area contributed by atoms with Crippen LogP contribution in [0, 0.1) is 6.92 Å². The number of methoxy groups -OCH3 is 1. The molecule has 0 saturated heterocycles. The highest BCUT2D eigenvalue weighted by molar-refractivity contribution is 9.10. The molecule has 0 saturated carbocycles. The molecule has 1 heterocycles. The number of ether oxygens (including phenoxy) is 1. The normalized spacial score (nSPS) is 11.8. The van der Waals surface area contributed by atoms with Crippen LogP contribution in [0.3, 0.4) is 0 Å². The quantitative estimate of drug-likeness (QED) is 0.698. The maximum Gasteiger partial charge on any atom is 0.269 e. The van der Waals surface area contributed by atoms with E-state index in [1.807, 2.05) is 6.07 Å². The second kappa shape index (κ2) is 5.40. The molecule has 22 heavy (non-hydrogen) atoms. The van der Waals surface area contributed by atoms with Gasteiger partial charge in [0.2, 0.25) is 0 Å². The molecule has 0 aliphatic rings. The molecule has 0 fully saturated rings. The molecule has 0 radical (unpaired) electrons. The molecule has 3 aromatic rings. The van der Waals surface area contributed by atoms with Crippen molar-refractivity contribution in [3.8, 4) is 5.75 Å². The van der Waals surface area contributed by atoms with Crippen molar-refractivity contribution in [2.45, 2.75) is 11.8 Å². The first-order valence-electron chi connectivity index (χ1n) is 6.48. The summed E-state index contributed by atoms with van der Waals surface area (Å²) in [7, 11) is -2.25. The van der Waals surface area contributed by atoms with Crippen LogP contribution in [0.15, 0.2) is 51.8 Å². The zero-order valence-electron chi connectivity index (χ0n) is 11.9. The number of benzene rings is 2. The average Bonchev–Trinajstić information content (AvgIpc) is 2.83. The molecule has 114 valence electrons. The second-order valence-electron chi connectivity index (χ2n) is 4.71. The summed E-state index contributed by atoms with van der Waals surface area (Å²) in [6.45, 7) is 1.67. The van der Waals surface area contributed by atoms with Crippen LogP contribution in [-0.2, 0) is 10.0 Å². The van der Waals surface area contributed by atoms with Gasteiger partial charge in [-0.1, -0.05) is 12.1 Å². The minimum atomic E-state index is -3.75. The molecule has 0 aliphatic carbocycles. The van der Waals surface area contributed by atoms with Crippen molar-refractivity contribution < 1.29 is 13.2 Å². The fourth-order valence-corrected chi connectivity index (χ4v) is 4.25. The summed E-state index contributed by atoms with van der Waals surface area (Å²) in [5.74, 6) is 0.881. The van der Waals surface area contributed by atoms with Crippen LogP contribution in [0.1, 0.15) is 5.82 Å². The molecule has 0 aliphatic heterocycles. The lowest BCUT2D eigenvalue weighted by molar-refractivity contribution is 0.410. The van der Waals surface area contributed by atoms with Gasteiger partial charge in [-0.25, -0.2) is 17.4 Å².